The van der Waals surface area contributed by atoms with E-state index in [2.05, 4.69) is 42.0 Å². The molecule has 1 rings (SSSR count). The quantitative estimate of drug-likeness (QED) is 0.853. The van der Waals surface area contributed by atoms with Crippen molar-refractivity contribution in [2.24, 2.45) is 0 Å². The molecule has 0 aliphatic heterocycles. The van der Waals surface area contributed by atoms with Crippen LogP contribution in [-0.2, 0) is 6.54 Å². The van der Waals surface area contributed by atoms with Crippen molar-refractivity contribution >= 4 is 15.9 Å². The fraction of sp³-hybridized carbons (Fsp3) is 0.538. The van der Waals surface area contributed by atoms with E-state index in [1.165, 1.54) is 6.07 Å². The fourth-order valence-electron chi connectivity index (χ4n) is 1.47. The maximum absolute atomic E-state index is 13.0. The van der Waals surface area contributed by atoms with Crippen LogP contribution in [0.5, 0.6) is 0 Å². The first-order valence-electron chi connectivity index (χ1n) is 5.69. The smallest absolute Gasteiger partial charge is 0.137 e. The van der Waals surface area contributed by atoms with Crippen molar-refractivity contribution in [3.8, 4) is 0 Å². The van der Waals surface area contributed by atoms with E-state index in [1.807, 2.05) is 12.1 Å². The molecule has 1 nitrogen and oxygen atoms in total. The van der Waals surface area contributed by atoms with E-state index in [9.17, 15) is 4.39 Å². The van der Waals surface area contributed by atoms with E-state index < -0.39 is 0 Å². The normalized spacial score (nSPS) is 11.8. The molecule has 0 fully saturated rings. The Bertz CT molecular complexity index is 348. The average Bonchev–Trinajstić information content (AvgIpc) is 2.30. The summed E-state index contributed by atoms with van der Waals surface area (Å²) in [6.45, 7) is 7.34. The van der Waals surface area contributed by atoms with Gasteiger partial charge in [0.2, 0.25) is 0 Å². The van der Waals surface area contributed by atoms with Crippen LogP contribution in [0.25, 0.3) is 0 Å². The van der Waals surface area contributed by atoms with E-state index in [-0.39, 0.29) is 11.4 Å². The second-order valence-electron chi connectivity index (χ2n) is 4.37. The number of hydrogen-bond acceptors (Lipinski definition) is 1. The highest BCUT2D eigenvalue weighted by molar-refractivity contribution is 9.10. The molecule has 16 heavy (non-hydrogen) atoms. The highest BCUT2D eigenvalue weighted by Gasteiger charge is 2.18. The van der Waals surface area contributed by atoms with Crippen LogP contribution in [0, 0.1) is 5.82 Å². The topological polar surface area (TPSA) is 12.0 Å². The summed E-state index contributed by atoms with van der Waals surface area (Å²) < 4.78 is 13.6. The molecule has 0 bridgehead atoms. The SMILES string of the molecule is CCC(C)(CC)NCc1ccc(F)c(Br)c1. The molecule has 0 unspecified atom stereocenters. The lowest BCUT2D eigenvalue weighted by atomic mass is 9.95. The van der Waals surface area contributed by atoms with Crippen molar-refractivity contribution in [2.75, 3.05) is 0 Å². The Morgan fingerprint density at radius 1 is 1.31 bits per heavy atom. The molecule has 0 spiro atoms. The minimum absolute atomic E-state index is 0.168. The molecule has 0 aromatic heterocycles. The van der Waals surface area contributed by atoms with Gasteiger partial charge in [-0.2, -0.15) is 0 Å². The maximum atomic E-state index is 13.0. The third-order valence-electron chi connectivity index (χ3n) is 3.26. The van der Waals surface area contributed by atoms with Gasteiger partial charge in [0, 0.05) is 12.1 Å². The van der Waals surface area contributed by atoms with Crippen molar-refractivity contribution < 1.29 is 4.39 Å². The molecular weight excluding hydrogens is 269 g/mol. The largest absolute Gasteiger partial charge is 0.307 e. The third kappa shape index (κ3) is 3.56. The predicted molar refractivity (Wildman–Crippen MR) is 69.9 cm³/mol. The Hall–Kier alpha value is -0.410. The van der Waals surface area contributed by atoms with Gasteiger partial charge in [-0.05, 0) is 53.4 Å². The van der Waals surface area contributed by atoms with E-state index >= 15 is 0 Å². The molecule has 0 atom stereocenters. The lowest BCUT2D eigenvalue weighted by Gasteiger charge is -2.28. The van der Waals surface area contributed by atoms with Crippen LogP contribution in [0.15, 0.2) is 22.7 Å². The standard InChI is InChI=1S/C13H19BrFN/c1-4-13(3,5-2)16-9-10-6-7-12(15)11(14)8-10/h6-8,16H,4-5,9H2,1-3H3. The van der Waals surface area contributed by atoms with Crippen LogP contribution in [0.4, 0.5) is 4.39 Å². The number of halogens is 2. The number of benzene rings is 1. The Morgan fingerprint density at radius 2 is 1.94 bits per heavy atom. The third-order valence-corrected chi connectivity index (χ3v) is 3.87. The highest BCUT2D eigenvalue weighted by Crippen LogP contribution is 2.19. The van der Waals surface area contributed by atoms with Crippen molar-refractivity contribution in [3.05, 3.63) is 34.1 Å². The van der Waals surface area contributed by atoms with Crippen LogP contribution in [0.2, 0.25) is 0 Å². The summed E-state index contributed by atoms with van der Waals surface area (Å²) in [6.07, 6.45) is 2.18. The molecular formula is C13H19BrFN. The van der Waals surface area contributed by atoms with Gasteiger partial charge in [0.25, 0.3) is 0 Å². The molecule has 1 aromatic carbocycles. The minimum atomic E-state index is -0.211. The molecule has 0 saturated carbocycles. The summed E-state index contributed by atoms with van der Waals surface area (Å²) in [6, 6.07) is 5.14. The van der Waals surface area contributed by atoms with Crippen molar-refractivity contribution in [2.45, 2.75) is 45.7 Å². The molecule has 0 aliphatic carbocycles. The maximum Gasteiger partial charge on any atom is 0.137 e. The summed E-state index contributed by atoms with van der Waals surface area (Å²) in [7, 11) is 0. The Labute approximate surface area is 106 Å². The van der Waals surface area contributed by atoms with Gasteiger partial charge in [-0.1, -0.05) is 19.9 Å². The van der Waals surface area contributed by atoms with Crippen LogP contribution in [0.1, 0.15) is 39.2 Å². The lowest BCUT2D eigenvalue weighted by Crippen LogP contribution is -2.40. The van der Waals surface area contributed by atoms with Crippen molar-refractivity contribution in [3.63, 3.8) is 0 Å². The van der Waals surface area contributed by atoms with Gasteiger partial charge >= 0.3 is 0 Å². The summed E-state index contributed by atoms with van der Waals surface area (Å²) in [5.74, 6) is -0.211. The number of nitrogens with one attached hydrogen (secondary N) is 1. The van der Waals surface area contributed by atoms with Crippen LogP contribution in [-0.4, -0.2) is 5.54 Å². The molecule has 90 valence electrons. The van der Waals surface area contributed by atoms with Crippen LogP contribution >= 0.6 is 15.9 Å². The Morgan fingerprint density at radius 3 is 2.44 bits per heavy atom. The van der Waals surface area contributed by atoms with Crippen LogP contribution < -0.4 is 5.32 Å². The van der Waals surface area contributed by atoms with Gasteiger partial charge in [-0.3, -0.25) is 0 Å². The van der Waals surface area contributed by atoms with Crippen molar-refractivity contribution in [1.82, 2.24) is 5.32 Å². The molecule has 0 amide bonds. The van der Waals surface area contributed by atoms with Gasteiger partial charge in [0.1, 0.15) is 5.82 Å². The molecule has 1 N–H and O–H groups in total. The lowest BCUT2D eigenvalue weighted by molar-refractivity contribution is 0.329. The summed E-state index contributed by atoms with van der Waals surface area (Å²) >= 11 is 3.20. The second-order valence-corrected chi connectivity index (χ2v) is 5.22. The van der Waals surface area contributed by atoms with E-state index in [1.54, 1.807) is 0 Å². The molecule has 3 heteroatoms. The number of rotatable bonds is 5. The summed E-state index contributed by atoms with van der Waals surface area (Å²) in [4.78, 5) is 0. The first kappa shape index (κ1) is 13.7. The Balaban J connectivity index is 2.64. The van der Waals surface area contributed by atoms with E-state index in [0.717, 1.165) is 24.9 Å². The van der Waals surface area contributed by atoms with E-state index in [0.29, 0.717) is 4.47 Å². The van der Waals surface area contributed by atoms with Gasteiger partial charge in [-0.25, -0.2) is 4.39 Å². The molecule has 0 aliphatic rings. The monoisotopic (exact) mass is 287 g/mol. The zero-order valence-corrected chi connectivity index (χ0v) is 11.7. The first-order chi connectivity index (χ1) is 7.50. The van der Waals surface area contributed by atoms with Gasteiger partial charge in [0.15, 0.2) is 0 Å². The first-order valence-corrected chi connectivity index (χ1v) is 6.49. The fourth-order valence-corrected chi connectivity index (χ4v) is 1.89. The summed E-state index contributed by atoms with van der Waals surface area (Å²) in [5.41, 5.74) is 1.27. The zero-order chi connectivity index (χ0) is 12.2. The zero-order valence-electron chi connectivity index (χ0n) is 10.1. The van der Waals surface area contributed by atoms with Gasteiger partial charge in [-0.15, -0.1) is 0 Å². The molecule has 0 heterocycles. The highest BCUT2D eigenvalue weighted by atomic mass is 79.9. The molecule has 1 aromatic rings. The summed E-state index contributed by atoms with van der Waals surface area (Å²) in [5, 5.41) is 3.52. The molecule has 0 radical (unpaired) electrons. The predicted octanol–water partition coefficient (Wildman–Crippen LogP) is 4.26. The van der Waals surface area contributed by atoms with Gasteiger partial charge in [0.05, 0.1) is 4.47 Å². The van der Waals surface area contributed by atoms with E-state index in [4.69, 9.17) is 0 Å². The van der Waals surface area contributed by atoms with Crippen LogP contribution in [0.3, 0.4) is 0 Å². The second kappa shape index (κ2) is 5.78. The van der Waals surface area contributed by atoms with Crippen molar-refractivity contribution in [1.29, 1.82) is 0 Å². The number of hydrogen-bond donors (Lipinski definition) is 1. The van der Waals surface area contributed by atoms with Gasteiger partial charge < -0.3 is 5.32 Å². The molecule has 0 saturated heterocycles. The Kier molecular flexibility index (Phi) is 4.93. The minimum Gasteiger partial charge on any atom is -0.307 e. The average molecular weight is 288 g/mol.